The van der Waals surface area contributed by atoms with Crippen molar-refractivity contribution in [2.75, 3.05) is 0 Å². The van der Waals surface area contributed by atoms with Crippen LogP contribution in [0.15, 0.2) is 89.2 Å². The zero-order valence-corrected chi connectivity index (χ0v) is 18.6. The third-order valence-electron chi connectivity index (χ3n) is 4.96. The molecule has 4 aromatic rings. The van der Waals surface area contributed by atoms with Crippen LogP contribution in [0.25, 0.3) is 11.4 Å². The van der Waals surface area contributed by atoms with Gasteiger partial charge >= 0.3 is 0 Å². The molecule has 0 aliphatic rings. The van der Waals surface area contributed by atoms with E-state index in [2.05, 4.69) is 41.1 Å². The molecule has 0 saturated carbocycles. The highest BCUT2D eigenvalue weighted by Crippen LogP contribution is 2.27. The molecule has 6 nitrogen and oxygen atoms in total. The van der Waals surface area contributed by atoms with Gasteiger partial charge in [0.05, 0.1) is 12.8 Å². The number of nitrogens with zero attached hydrogens (tertiary/aromatic N) is 3. The Morgan fingerprint density at radius 1 is 1.12 bits per heavy atom. The van der Waals surface area contributed by atoms with E-state index in [-0.39, 0.29) is 5.91 Å². The Bertz CT molecular complexity index is 1200. The maximum absolute atomic E-state index is 12.7. The minimum atomic E-state index is -0.134. The zero-order valence-electron chi connectivity index (χ0n) is 17.8. The molecule has 0 fully saturated rings. The first kappa shape index (κ1) is 21.6. The van der Waals surface area contributed by atoms with Gasteiger partial charge in [0.25, 0.3) is 5.91 Å². The Morgan fingerprint density at radius 3 is 2.69 bits per heavy atom. The molecule has 2 aromatic carbocycles. The molecular weight excluding hydrogens is 420 g/mol. The summed E-state index contributed by atoms with van der Waals surface area (Å²) in [5, 5.41) is 12.5. The van der Waals surface area contributed by atoms with Crippen molar-refractivity contribution in [3.63, 3.8) is 0 Å². The lowest BCUT2D eigenvalue weighted by atomic mass is 10.1. The van der Waals surface area contributed by atoms with E-state index < -0.39 is 0 Å². The van der Waals surface area contributed by atoms with Gasteiger partial charge < -0.3 is 9.73 Å². The van der Waals surface area contributed by atoms with Crippen LogP contribution in [0, 0.1) is 6.92 Å². The maximum atomic E-state index is 12.7. The van der Waals surface area contributed by atoms with E-state index in [0.717, 1.165) is 22.1 Å². The second kappa shape index (κ2) is 10.2. The second-order valence-electron chi connectivity index (χ2n) is 7.28. The topological polar surface area (TPSA) is 73.0 Å². The van der Waals surface area contributed by atoms with Gasteiger partial charge in [-0.15, -0.1) is 16.8 Å². The van der Waals surface area contributed by atoms with Gasteiger partial charge in [0.15, 0.2) is 11.0 Å². The van der Waals surface area contributed by atoms with Crippen molar-refractivity contribution in [3.05, 3.63) is 102 Å². The second-order valence-corrected chi connectivity index (χ2v) is 8.22. The van der Waals surface area contributed by atoms with Gasteiger partial charge in [-0.05, 0) is 30.7 Å². The van der Waals surface area contributed by atoms with Gasteiger partial charge in [-0.3, -0.25) is 9.36 Å². The van der Waals surface area contributed by atoms with Crippen molar-refractivity contribution >= 4 is 17.7 Å². The lowest BCUT2D eigenvalue weighted by Gasteiger charge is -2.11. The highest BCUT2D eigenvalue weighted by Gasteiger charge is 2.16. The Labute approximate surface area is 191 Å². The lowest BCUT2D eigenvalue weighted by molar-refractivity contribution is 0.0947. The predicted octanol–water partition coefficient (Wildman–Crippen LogP) is 5.25. The summed E-state index contributed by atoms with van der Waals surface area (Å²) in [5.74, 6) is 1.97. The number of aryl methyl sites for hydroxylation is 1. The van der Waals surface area contributed by atoms with Crippen LogP contribution in [0.2, 0.25) is 0 Å². The maximum Gasteiger partial charge on any atom is 0.251 e. The highest BCUT2D eigenvalue weighted by molar-refractivity contribution is 7.98. The minimum Gasteiger partial charge on any atom is -0.467 e. The summed E-state index contributed by atoms with van der Waals surface area (Å²) in [4.78, 5) is 12.7. The number of aromatic nitrogens is 3. The number of nitrogens with one attached hydrogen (secondary N) is 1. The molecule has 1 amide bonds. The number of furan rings is 1. The number of rotatable bonds is 9. The first-order valence-electron chi connectivity index (χ1n) is 10.3. The molecule has 0 radical (unpaired) electrons. The summed E-state index contributed by atoms with van der Waals surface area (Å²) in [6, 6.07) is 19.5. The van der Waals surface area contributed by atoms with Crippen molar-refractivity contribution in [1.82, 2.24) is 20.1 Å². The standard InChI is InChI=1S/C25H24N4O2S/c1-3-14-29-23(19-12-10-18(2)11-13-19)27-28-25(29)32-17-20-7-4-5-9-22(20)24(30)26-16-21-8-6-15-31-21/h3-13,15H,1,14,16-17H2,2H3,(H,26,30). The van der Waals surface area contributed by atoms with Crippen molar-refractivity contribution < 1.29 is 9.21 Å². The molecule has 1 N–H and O–H groups in total. The molecule has 0 aliphatic heterocycles. The molecule has 7 heteroatoms. The van der Waals surface area contributed by atoms with Crippen LogP contribution < -0.4 is 5.32 Å². The number of allylic oxidation sites excluding steroid dienone is 1. The SMILES string of the molecule is C=CCn1c(SCc2ccccc2C(=O)NCc2ccco2)nnc1-c1ccc(C)cc1. The first-order chi connectivity index (χ1) is 15.7. The van der Waals surface area contributed by atoms with E-state index in [1.807, 2.05) is 53.1 Å². The number of hydrogen-bond donors (Lipinski definition) is 1. The Morgan fingerprint density at radius 2 is 1.94 bits per heavy atom. The number of hydrogen-bond acceptors (Lipinski definition) is 5. The quantitative estimate of drug-likeness (QED) is 0.282. The Hall–Kier alpha value is -3.58. The molecule has 2 heterocycles. The van der Waals surface area contributed by atoms with Gasteiger partial charge in [-0.25, -0.2) is 0 Å². The van der Waals surface area contributed by atoms with Gasteiger partial charge in [-0.2, -0.15) is 0 Å². The molecule has 4 rings (SSSR count). The van der Waals surface area contributed by atoms with E-state index in [1.54, 1.807) is 24.1 Å². The van der Waals surface area contributed by atoms with Crippen LogP contribution in [-0.4, -0.2) is 20.7 Å². The fourth-order valence-electron chi connectivity index (χ4n) is 3.29. The van der Waals surface area contributed by atoms with E-state index in [0.29, 0.717) is 30.2 Å². The number of thioether (sulfide) groups is 1. The highest BCUT2D eigenvalue weighted by atomic mass is 32.2. The van der Waals surface area contributed by atoms with Gasteiger partial charge in [0.2, 0.25) is 0 Å². The fraction of sp³-hybridized carbons (Fsp3) is 0.160. The largest absolute Gasteiger partial charge is 0.467 e. The molecule has 2 aromatic heterocycles. The summed E-state index contributed by atoms with van der Waals surface area (Å²) in [5.41, 5.74) is 3.77. The van der Waals surface area contributed by atoms with Crippen LogP contribution in [0.4, 0.5) is 0 Å². The van der Waals surface area contributed by atoms with Crippen molar-refractivity contribution in [1.29, 1.82) is 0 Å². The summed E-state index contributed by atoms with van der Waals surface area (Å²) in [7, 11) is 0. The lowest BCUT2D eigenvalue weighted by Crippen LogP contribution is -2.23. The molecule has 0 aliphatic carbocycles. The van der Waals surface area contributed by atoms with Crippen LogP contribution in [0.3, 0.4) is 0 Å². The Balaban J connectivity index is 1.51. The third kappa shape index (κ3) is 5.00. The number of carbonyl (C=O) groups excluding carboxylic acids is 1. The van der Waals surface area contributed by atoms with Gasteiger partial charge in [0, 0.05) is 23.4 Å². The van der Waals surface area contributed by atoms with Crippen molar-refractivity contribution in [3.8, 4) is 11.4 Å². The van der Waals surface area contributed by atoms with Crippen LogP contribution in [-0.2, 0) is 18.8 Å². The van der Waals surface area contributed by atoms with E-state index >= 15 is 0 Å². The number of benzene rings is 2. The fourth-order valence-corrected chi connectivity index (χ4v) is 4.24. The zero-order chi connectivity index (χ0) is 22.3. The molecule has 0 spiro atoms. The molecule has 0 unspecified atom stereocenters. The number of amides is 1. The average Bonchev–Trinajstić information content (AvgIpc) is 3.47. The van der Waals surface area contributed by atoms with Gasteiger partial charge in [0.1, 0.15) is 5.76 Å². The summed E-state index contributed by atoms with van der Waals surface area (Å²) >= 11 is 1.55. The third-order valence-corrected chi connectivity index (χ3v) is 5.98. The monoisotopic (exact) mass is 444 g/mol. The van der Waals surface area contributed by atoms with E-state index in [1.165, 1.54) is 5.56 Å². The van der Waals surface area contributed by atoms with E-state index in [9.17, 15) is 4.79 Å². The minimum absolute atomic E-state index is 0.134. The molecule has 0 bridgehead atoms. The predicted molar refractivity (Wildman–Crippen MR) is 126 cm³/mol. The molecule has 0 saturated heterocycles. The summed E-state index contributed by atoms with van der Waals surface area (Å²) < 4.78 is 7.34. The normalized spacial score (nSPS) is 10.8. The summed E-state index contributed by atoms with van der Waals surface area (Å²) in [6.45, 7) is 6.88. The molecule has 0 atom stereocenters. The van der Waals surface area contributed by atoms with Crippen molar-refractivity contribution in [2.45, 2.75) is 30.9 Å². The molecule has 162 valence electrons. The average molecular weight is 445 g/mol. The van der Waals surface area contributed by atoms with Crippen molar-refractivity contribution in [2.24, 2.45) is 0 Å². The first-order valence-corrected chi connectivity index (χ1v) is 11.3. The van der Waals surface area contributed by atoms with Crippen LogP contribution in [0.5, 0.6) is 0 Å². The summed E-state index contributed by atoms with van der Waals surface area (Å²) in [6.07, 6.45) is 3.43. The number of carbonyl (C=O) groups is 1. The molecule has 32 heavy (non-hydrogen) atoms. The Kier molecular flexibility index (Phi) is 6.87. The van der Waals surface area contributed by atoms with Crippen LogP contribution in [0.1, 0.15) is 27.2 Å². The van der Waals surface area contributed by atoms with E-state index in [4.69, 9.17) is 4.42 Å². The molecular formula is C25H24N4O2S. The van der Waals surface area contributed by atoms with Gasteiger partial charge in [-0.1, -0.05) is 65.9 Å². The smallest absolute Gasteiger partial charge is 0.251 e. The van der Waals surface area contributed by atoms with Crippen LogP contribution >= 0.6 is 11.8 Å².